The molecule has 0 aromatic heterocycles. The molecule has 2 rings (SSSR count). The van der Waals surface area contributed by atoms with Gasteiger partial charge in [-0.1, -0.05) is 25.3 Å². The van der Waals surface area contributed by atoms with Gasteiger partial charge in [-0.3, -0.25) is 0 Å². The largest absolute Gasteiger partial charge is 0.491 e. The maximum Gasteiger partial charge on any atom is 0.122 e. The molecule has 3 nitrogen and oxygen atoms in total. The highest BCUT2D eigenvalue weighted by Crippen LogP contribution is 2.24. The van der Waals surface area contributed by atoms with Crippen LogP contribution in [0.4, 0.5) is 0 Å². The number of aliphatic hydroxyl groups is 1. The van der Waals surface area contributed by atoms with Crippen molar-refractivity contribution in [1.29, 1.82) is 0 Å². The van der Waals surface area contributed by atoms with E-state index < -0.39 is 6.10 Å². The van der Waals surface area contributed by atoms with E-state index in [1.54, 1.807) is 0 Å². The van der Waals surface area contributed by atoms with E-state index in [1.165, 1.54) is 48.8 Å². The Morgan fingerprint density at radius 1 is 1.18 bits per heavy atom. The van der Waals surface area contributed by atoms with Gasteiger partial charge in [0.2, 0.25) is 0 Å². The molecule has 3 heteroatoms. The summed E-state index contributed by atoms with van der Waals surface area (Å²) in [7, 11) is 2.13. The van der Waals surface area contributed by atoms with Gasteiger partial charge in [-0.15, -0.1) is 0 Å². The number of hydrogen-bond donors (Lipinski definition) is 1. The fourth-order valence-corrected chi connectivity index (χ4v) is 3.39. The van der Waals surface area contributed by atoms with Crippen LogP contribution in [0.15, 0.2) is 12.1 Å². The SMILES string of the molecule is Cc1cc(C)c(C)c(OCC(O)CN(C)C2CCCCC2)c1. The lowest BCUT2D eigenvalue weighted by Gasteiger charge is -2.32. The Bertz CT molecular complexity index is 481. The molecule has 0 heterocycles. The monoisotopic (exact) mass is 305 g/mol. The van der Waals surface area contributed by atoms with E-state index in [4.69, 9.17) is 4.74 Å². The molecule has 1 aromatic carbocycles. The van der Waals surface area contributed by atoms with Gasteiger partial charge in [0.1, 0.15) is 18.5 Å². The molecule has 0 amide bonds. The van der Waals surface area contributed by atoms with Crippen molar-refractivity contribution in [1.82, 2.24) is 4.90 Å². The van der Waals surface area contributed by atoms with E-state index in [-0.39, 0.29) is 0 Å². The van der Waals surface area contributed by atoms with Gasteiger partial charge in [-0.05, 0) is 63.4 Å². The highest BCUT2D eigenvalue weighted by molar-refractivity contribution is 5.41. The molecule has 0 saturated heterocycles. The molecule has 1 unspecified atom stereocenters. The van der Waals surface area contributed by atoms with Crippen molar-refractivity contribution >= 4 is 0 Å². The smallest absolute Gasteiger partial charge is 0.122 e. The molecule has 1 aliphatic rings. The Kier molecular flexibility index (Phi) is 6.27. The number of rotatable bonds is 6. The van der Waals surface area contributed by atoms with Gasteiger partial charge < -0.3 is 14.7 Å². The van der Waals surface area contributed by atoms with Gasteiger partial charge in [-0.2, -0.15) is 0 Å². The van der Waals surface area contributed by atoms with Crippen LogP contribution in [0.3, 0.4) is 0 Å². The molecule has 124 valence electrons. The van der Waals surface area contributed by atoms with Crippen molar-refractivity contribution in [3.63, 3.8) is 0 Å². The van der Waals surface area contributed by atoms with Gasteiger partial charge in [0, 0.05) is 12.6 Å². The lowest BCUT2D eigenvalue weighted by Crippen LogP contribution is -2.40. The minimum absolute atomic E-state index is 0.362. The van der Waals surface area contributed by atoms with Gasteiger partial charge in [0.25, 0.3) is 0 Å². The molecular weight excluding hydrogens is 274 g/mol. The summed E-state index contributed by atoms with van der Waals surface area (Å²) in [6.45, 7) is 7.30. The molecule has 0 spiro atoms. The third-order valence-corrected chi connectivity index (χ3v) is 4.89. The highest BCUT2D eigenvalue weighted by atomic mass is 16.5. The van der Waals surface area contributed by atoms with E-state index in [0.717, 1.165) is 5.75 Å². The summed E-state index contributed by atoms with van der Waals surface area (Å²) in [6.07, 6.45) is 6.10. The van der Waals surface area contributed by atoms with Crippen LogP contribution in [0.25, 0.3) is 0 Å². The average Bonchev–Trinajstić information content (AvgIpc) is 2.50. The second-order valence-corrected chi connectivity index (χ2v) is 6.90. The second-order valence-electron chi connectivity index (χ2n) is 6.90. The second kappa shape index (κ2) is 7.98. The molecule has 1 fully saturated rings. The Labute approximate surface area is 135 Å². The molecule has 0 bridgehead atoms. The summed E-state index contributed by atoms with van der Waals surface area (Å²) in [4.78, 5) is 2.31. The molecule has 1 saturated carbocycles. The number of aliphatic hydroxyl groups excluding tert-OH is 1. The van der Waals surface area contributed by atoms with Crippen molar-refractivity contribution in [2.75, 3.05) is 20.2 Å². The molecule has 0 aliphatic heterocycles. The first kappa shape index (κ1) is 17.3. The predicted octanol–water partition coefficient (Wildman–Crippen LogP) is 3.62. The van der Waals surface area contributed by atoms with Crippen LogP contribution in [0.2, 0.25) is 0 Å². The lowest BCUT2D eigenvalue weighted by molar-refractivity contribution is 0.0559. The molecule has 1 aliphatic carbocycles. The number of likely N-dealkylation sites (N-methyl/N-ethyl adjacent to an activating group) is 1. The first-order chi connectivity index (χ1) is 10.5. The fourth-order valence-electron chi connectivity index (χ4n) is 3.39. The Balaban J connectivity index is 1.83. The number of hydrogen-bond acceptors (Lipinski definition) is 3. The zero-order valence-electron chi connectivity index (χ0n) is 14.6. The summed E-state index contributed by atoms with van der Waals surface area (Å²) >= 11 is 0. The van der Waals surface area contributed by atoms with Crippen LogP contribution in [-0.4, -0.2) is 42.4 Å². The third kappa shape index (κ3) is 4.72. The zero-order chi connectivity index (χ0) is 16.1. The van der Waals surface area contributed by atoms with Crippen LogP contribution in [0.5, 0.6) is 5.75 Å². The van der Waals surface area contributed by atoms with Gasteiger partial charge in [0.15, 0.2) is 0 Å². The van der Waals surface area contributed by atoms with Gasteiger partial charge in [0.05, 0.1) is 0 Å². The summed E-state index contributed by atoms with van der Waals surface area (Å²) in [5, 5.41) is 10.3. The standard InChI is InChI=1S/C19H31NO2/c1-14-10-15(2)16(3)19(11-14)22-13-18(21)12-20(4)17-8-6-5-7-9-17/h10-11,17-18,21H,5-9,12-13H2,1-4H3. The van der Waals surface area contributed by atoms with Crippen LogP contribution in [0.1, 0.15) is 48.8 Å². The third-order valence-electron chi connectivity index (χ3n) is 4.89. The minimum Gasteiger partial charge on any atom is -0.491 e. The molecule has 1 aromatic rings. The number of aryl methyl sites for hydroxylation is 2. The van der Waals surface area contributed by atoms with E-state index >= 15 is 0 Å². The summed E-state index contributed by atoms with van der Waals surface area (Å²) < 4.78 is 5.87. The molecular formula is C19H31NO2. The first-order valence-corrected chi connectivity index (χ1v) is 8.56. The van der Waals surface area contributed by atoms with Crippen molar-refractivity contribution < 1.29 is 9.84 Å². The molecule has 1 N–H and O–H groups in total. The van der Waals surface area contributed by atoms with Gasteiger partial charge >= 0.3 is 0 Å². The van der Waals surface area contributed by atoms with Crippen molar-refractivity contribution in [3.05, 3.63) is 28.8 Å². The van der Waals surface area contributed by atoms with Crippen LogP contribution >= 0.6 is 0 Å². The fraction of sp³-hybridized carbons (Fsp3) is 0.684. The normalized spacial score (nSPS) is 17.7. The molecule has 0 radical (unpaired) electrons. The molecule has 22 heavy (non-hydrogen) atoms. The van der Waals surface area contributed by atoms with Crippen LogP contribution < -0.4 is 4.74 Å². The van der Waals surface area contributed by atoms with Crippen LogP contribution in [0, 0.1) is 20.8 Å². The number of ether oxygens (including phenoxy) is 1. The number of benzene rings is 1. The highest BCUT2D eigenvalue weighted by Gasteiger charge is 2.20. The quantitative estimate of drug-likeness (QED) is 0.871. The lowest BCUT2D eigenvalue weighted by atomic mass is 9.94. The summed E-state index contributed by atoms with van der Waals surface area (Å²) in [5.74, 6) is 0.900. The van der Waals surface area contributed by atoms with E-state index in [1.807, 2.05) is 0 Å². The minimum atomic E-state index is -0.438. The van der Waals surface area contributed by atoms with Crippen LogP contribution in [-0.2, 0) is 0 Å². The Morgan fingerprint density at radius 2 is 1.86 bits per heavy atom. The Morgan fingerprint density at radius 3 is 2.55 bits per heavy atom. The predicted molar refractivity (Wildman–Crippen MR) is 91.7 cm³/mol. The van der Waals surface area contributed by atoms with Gasteiger partial charge in [-0.25, -0.2) is 0 Å². The molecule has 1 atom stereocenters. The Hall–Kier alpha value is -1.06. The summed E-state index contributed by atoms with van der Waals surface area (Å²) in [6, 6.07) is 4.85. The van der Waals surface area contributed by atoms with Crippen molar-refractivity contribution in [3.8, 4) is 5.75 Å². The zero-order valence-corrected chi connectivity index (χ0v) is 14.6. The first-order valence-electron chi connectivity index (χ1n) is 8.56. The van der Waals surface area contributed by atoms with E-state index in [0.29, 0.717) is 19.2 Å². The van der Waals surface area contributed by atoms with E-state index in [9.17, 15) is 5.11 Å². The average molecular weight is 305 g/mol. The topological polar surface area (TPSA) is 32.7 Å². The summed E-state index contributed by atoms with van der Waals surface area (Å²) in [5.41, 5.74) is 3.61. The van der Waals surface area contributed by atoms with Crippen molar-refractivity contribution in [2.45, 2.75) is 65.0 Å². The maximum absolute atomic E-state index is 10.3. The maximum atomic E-state index is 10.3. The number of nitrogens with zero attached hydrogens (tertiary/aromatic N) is 1. The van der Waals surface area contributed by atoms with E-state index in [2.05, 4.69) is 44.9 Å². The van der Waals surface area contributed by atoms with Crippen molar-refractivity contribution in [2.24, 2.45) is 0 Å².